The maximum Gasteiger partial charge on any atom is 0.331 e. The van der Waals surface area contributed by atoms with Gasteiger partial charge in [-0.05, 0) is 25.0 Å². The highest BCUT2D eigenvalue weighted by molar-refractivity contribution is 6.40. The minimum Gasteiger partial charge on any atom is -0.467 e. The summed E-state index contributed by atoms with van der Waals surface area (Å²) in [4.78, 5) is 35.7. The van der Waals surface area contributed by atoms with Crippen molar-refractivity contribution in [3.05, 3.63) is 29.8 Å². The maximum absolute atomic E-state index is 13.5. The smallest absolute Gasteiger partial charge is 0.331 e. The Kier molecular flexibility index (Phi) is 4.92. The molecule has 124 valence electrons. The molecular weight excluding hydrogens is 310 g/mol. The first-order chi connectivity index (χ1) is 10.9. The van der Waals surface area contributed by atoms with Crippen molar-refractivity contribution < 1.29 is 27.9 Å². The Morgan fingerprint density at radius 1 is 1.09 bits per heavy atom. The van der Waals surface area contributed by atoms with Gasteiger partial charge in [0.05, 0.1) is 7.11 Å². The Hall–Kier alpha value is -2.51. The van der Waals surface area contributed by atoms with Crippen LogP contribution >= 0.6 is 0 Å². The van der Waals surface area contributed by atoms with E-state index in [9.17, 15) is 23.2 Å². The third-order valence-electron chi connectivity index (χ3n) is 3.79. The third-order valence-corrected chi connectivity index (χ3v) is 3.79. The summed E-state index contributed by atoms with van der Waals surface area (Å²) in [5.74, 6) is -5.07. The molecule has 0 heterocycles. The summed E-state index contributed by atoms with van der Waals surface area (Å²) in [6.45, 7) is 0. The Balaban J connectivity index is 2.11. The number of ether oxygens (including phenoxy) is 1. The number of hydrogen-bond acceptors (Lipinski definition) is 4. The number of rotatable bonds is 3. The second kappa shape index (κ2) is 6.72. The largest absolute Gasteiger partial charge is 0.467 e. The normalized spacial score (nSPS) is 15.8. The van der Waals surface area contributed by atoms with Gasteiger partial charge in [-0.3, -0.25) is 9.59 Å². The monoisotopic (exact) mass is 326 g/mol. The van der Waals surface area contributed by atoms with Gasteiger partial charge in [0.25, 0.3) is 0 Å². The van der Waals surface area contributed by atoms with E-state index in [-0.39, 0.29) is 0 Å². The SMILES string of the molecule is COC(=O)C1(NC(=O)C(=O)Nc2c(F)cccc2F)CCCC1. The molecule has 0 spiro atoms. The number of hydrogen-bond donors (Lipinski definition) is 2. The highest BCUT2D eigenvalue weighted by atomic mass is 19.1. The van der Waals surface area contributed by atoms with E-state index < -0.39 is 40.6 Å². The Bertz CT molecular complexity index is 622. The zero-order valence-corrected chi connectivity index (χ0v) is 12.4. The number of amides is 2. The van der Waals surface area contributed by atoms with Gasteiger partial charge in [-0.1, -0.05) is 18.9 Å². The van der Waals surface area contributed by atoms with E-state index in [0.717, 1.165) is 18.2 Å². The fourth-order valence-corrected chi connectivity index (χ4v) is 2.62. The van der Waals surface area contributed by atoms with Gasteiger partial charge < -0.3 is 15.4 Å². The van der Waals surface area contributed by atoms with Crippen LogP contribution in [0.2, 0.25) is 0 Å². The molecule has 0 aliphatic heterocycles. The average molecular weight is 326 g/mol. The molecule has 2 amide bonds. The van der Waals surface area contributed by atoms with E-state index in [1.165, 1.54) is 7.11 Å². The van der Waals surface area contributed by atoms with Gasteiger partial charge in [0.15, 0.2) is 0 Å². The molecule has 0 atom stereocenters. The van der Waals surface area contributed by atoms with Crippen molar-refractivity contribution in [1.29, 1.82) is 0 Å². The molecule has 1 aromatic rings. The summed E-state index contributed by atoms with van der Waals surface area (Å²) in [6, 6.07) is 3.03. The molecular formula is C15H16F2N2O4. The number of halogens is 2. The fourth-order valence-electron chi connectivity index (χ4n) is 2.62. The maximum atomic E-state index is 13.5. The number of carbonyl (C=O) groups excluding carboxylic acids is 3. The van der Waals surface area contributed by atoms with E-state index in [1.807, 2.05) is 5.32 Å². The first kappa shape index (κ1) is 16.9. The lowest BCUT2D eigenvalue weighted by Gasteiger charge is -2.26. The van der Waals surface area contributed by atoms with Crippen molar-refractivity contribution in [3.63, 3.8) is 0 Å². The van der Waals surface area contributed by atoms with Gasteiger partial charge in [-0.2, -0.15) is 0 Å². The lowest BCUT2D eigenvalue weighted by Crippen LogP contribution is -2.55. The Labute approximate surface area is 131 Å². The number of anilines is 1. The van der Waals surface area contributed by atoms with Gasteiger partial charge in [-0.15, -0.1) is 0 Å². The van der Waals surface area contributed by atoms with Crippen LogP contribution in [0.5, 0.6) is 0 Å². The molecule has 0 aromatic heterocycles. The van der Waals surface area contributed by atoms with Crippen molar-refractivity contribution in [2.45, 2.75) is 31.2 Å². The zero-order valence-electron chi connectivity index (χ0n) is 12.4. The Morgan fingerprint density at radius 3 is 2.17 bits per heavy atom. The molecule has 1 fully saturated rings. The standard InChI is InChI=1S/C15H16F2N2O4/c1-23-14(22)15(7-2-3-8-15)19-13(21)12(20)18-11-9(16)5-4-6-10(11)17/h4-6H,2-3,7-8H2,1H3,(H,18,20)(H,19,21). The summed E-state index contributed by atoms with van der Waals surface area (Å²) < 4.78 is 31.6. The lowest BCUT2D eigenvalue weighted by molar-refractivity contribution is -0.151. The molecule has 0 unspecified atom stereocenters. The summed E-state index contributed by atoms with van der Waals surface area (Å²) in [5, 5.41) is 4.20. The highest BCUT2D eigenvalue weighted by Gasteiger charge is 2.44. The molecule has 0 radical (unpaired) electrons. The first-order valence-corrected chi connectivity index (χ1v) is 7.05. The quantitative estimate of drug-likeness (QED) is 0.651. The predicted molar refractivity (Wildman–Crippen MR) is 76.3 cm³/mol. The Morgan fingerprint density at radius 2 is 1.65 bits per heavy atom. The number of carbonyl (C=O) groups is 3. The van der Waals surface area contributed by atoms with Crippen molar-refractivity contribution in [1.82, 2.24) is 5.32 Å². The second-order valence-electron chi connectivity index (χ2n) is 5.29. The summed E-state index contributed by atoms with van der Waals surface area (Å²) >= 11 is 0. The predicted octanol–water partition coefficient (Wildman–Crippen LogP) is 1.51. The molecule has 2 N–H and O–H groups in total. The minimum atomic E-state index is -1.27. The fraction of sp³-hybridized carbons (Fsp3) is 0.400. The van der Waals surface area contributed by atoms with Crippen LogP contribution in [-0.2, 0) is 19.1 Å². The van der Waals surface area contributed by atoms with E-state index in [2.05, 4.69) is 10.1 Å². The molecule has 6 nitrogen and oxygen atoms in total. The van der Waals surface area contributed by atoms with Gasteiger partial charge in [0.2, 0.25) is 0 Å². The third kappa shape index (κ3) is 3.46. The summed E-state index contributed by atoms with van der Waals surface area (Å²) in [5.41, 5.74) is -1.98. The zero-order chi connectivity index (χ0) is 17.0. The van der Waals surface area contributed by atoms with E-state index in [1.54, 1.807) is 0 Å². The topological polar surface area (TPSA) is 84.5 Å². The average Bonchev–Trinajstić information content (AvgIpc) is 2.99. The highest BCUT2D eigenvalue weighted by Crippen LogP contribution is 2.30. The lowest BCUT2D eigenvalue weighted by atomic mass is 9.97. The number of para-hydroxylation sites is 1. The van der Waals surface area contributed by atoms with Crippen LogP contribution < -0.4 is 10.6 Å². The molecule has 1 aliphatic rings. The van der Waals surface area contributed by atoms with Crippen LogP contribution in [0, 0.1) is 11.6 Å². The van der Waals surface area contributed by atoms with Crippen LogP contribution in [0.1, 0.15) is 25.7 Å². The van der Waals surface area contributed by atoms with E-state index in [0.29, 0.717) is 25.7 Å². The van der Waals surface area contributed by atoms with E-state index in [4.69, 9.17) is 0 Å². The van der Waals surface area contributed by atoms with Gasteiger partial charge in [-0.25, -0.2) is 13.6 Å². The van der Waals surface area contributed by atoms with Crippen LogP contribution in [0.3, 0.4) is 0 Å². The summed E-state index contributed by atoms with van der Waals surface area (Å²) in [6.07, 6.45) is 2.07. The van der Waals surface area contributed by atoms with Gasteiger partial charge in [0, 0.05) is 0 Å². The molecule has 0 bridgehead atoms. The van der Waals surface area contributed by atoms with Gasteiger partial charge >= 0.3 is 17.8 Å². The van der Waals surface area contributed by atoms with Crippen LogP contribution in [0.25, 0.3) is 0 Å². The first-order valence-electron chi connectivity index (χ1n) is 7.05. The number of esters is 1. The molecule has 1 aromatic carbocycles. The molecule has 2 rings (SSSR count). The number of benzene rings is 1. The van der Waals surface area contributed by atoms with Crippen molar-refractivity contribution in [2.24, 2.45) is 0 Å². The number of nitrogens with one attached hydrogen (secondary N) is 2. The van der Waals surface area contributed by atoms with Crippen molar-refractivity contribution in [2.75, 3.05) is 12.4 Å². The van der Waals surface area contributed by atoms with E-state index >= 15 is 0 Å². The van der Waals surface area contributed by atoms with Crippen LogP contribution in [-0.4, -0.2) is 30.4 Å². The van der Waals surface area contributed by atoms with Gasteiger partial charge in [0.1, 0.15) is 22.9 Å². The molecule has 8 heteroatoms. The molecule has 0 saturated heterocycles. The molecule has 23 heavy (non-hydrogen) atoms. The molecule has 1 aliphatic carbocycles. The molecule has 1 saturated carbocycles. The second-order valence-corrected chi connectivity index (χ2v) is 5.29. The van der Waals surface area contributed by atoms with Crippen molar-refractivity contribution >= 4 is 23.5 Å². The van der Waals surface area contributed by atoms with Crippen LogP contribution in [0.4, 0.5) is 14.5 Å². The van der Waals surface area contributed by atoms with Crippen LogP contribution in [0.15, 0.2) is 18.2 Å². The van der Waals surface area contributed by atoms with Crippen molar-refractivity contribution in [3.8, 4) is 0 Å². The number of methoxy groups -OCH3 is 1. The minimum absolute atomic E-state index is 0.340. The summed E-state index contributed by atoms with van der Waals surface area (Å²) in [7, 11) is 1.18.